The van der Waals surface area contributed by atoms with Crippen molar-refractivity contribution in [3.05, 3.63) is 18.2 Å². The summed E-state index contributed by atoms with van der Waals surface area (Å²) in [6, 6.07) is 9.48. The highest BCUT2D eigenvalue weighted by Crippen LogP contribution is 2.31. The van der Waals surface area contributed by atoms with Gasteiger partial charge in [-0.2, -0.15) is 10.5 Å². The lowest BCUT2D eigenvalue weighted by molar-refractivity contribution is -0.114. The molecule has 8 nitrogen and oxygen atoms in total. The van der Waals surface area contributed by atoms with Crippen LogP contribution in [0.5, 0.6) is 5.75 Å². The SMILES string of the molecule is COc1ccc(NC(C)=O)cc1N(CCOCCC#N)CCOCCC#N. The molecule has 0 spiro atoms. The van der Waals surface area contributed by atoms with Gasteiger partial charge in [0.15, 0.2) is 0 Å². The van der Waals surface area contributed by atoms with Crippen molar-refractivity contribution >= 4 is 17.3 Å². The molecule has 0 bridgehead atoms. The van der Waals surface area contributed by atoms with Crippen molar-refractivity contribution in [3.63, 3.8) is 0 Å². The topological polar surface area (TPSA) is 108 Å². The number of anilines is 2. The highest BCUT2D eigenvalue weighted by Gasteiger charge is 2.14. The van der Waals surface area contributed by atoms with Crippen LogP contribution in [0.2, 0.25) is 0 Å². The maximum Gasteiger partial charge on any atom is 0.221 e. The van der Waals surface area contributed by atoms with Gasteiger partial charge in [0.1, 0.15) is 5.75 Å². The number of amides is 1. The lowest BCUT2D eigenvalue weighted by Crippen LogP contribution is -2.31. The molecular formula is C19H26N4O4. The van der Waals surface area contributed by atoms with Crippen LogP contribution in [-0.4, -0.2) is 52.5 Å². The molecule has 0 aromatic heterocycles. The highest BCUT2D eigenvalue weighted by atomic mass is 16.5. The van der Waals surface area contributed by atoms with E-state index < -0.39 is 0 Å². The summed E-state index contributed by atoms with van der Waals surface area (Å²) >= 11 is 0. The van der Waals surface area contributed by atoms with E-state index in [1.165, 1.54) is 6.92 Å². The first-order valence-corrected chi connectivity index (χ1v) is 8.72. The summed E-state index contributed by atoms with van der Waals surface area (Å²) in [4.78, 5) is 13.4. The molecule has 0 atom stereocenters. The zero-order valence-corrected chi connectivity index (χ0v) is 15.9. The number of hydrogen-bond acceptors (Lipinski definition) is 7. The summed E-state index contributed by atoms with van der Waals surface area (Å²) in [5, 5.41) is 19.9. The van der Waals surface area contributed by atoms with Crippen molar-refractivity contribution in [2.75, 3.05) is 56.8 Å². The van der Waals surface area contributed by atoms with Gasteiger partial charge in [0, 0.05) is 25.7 Å². The summed E-state index contributed by atoms with van der Waals surface area (Å²) in [6.07, 6.45) is 0.692. The molecule has 0 aliphatic heterocycles. The number of carbonyl (C=O) groups is 1. The number of carbonyl (C=O) groups excluding carboxylic acids is 1. The van der Waals surface area contributed by atoms with Crippen LogP contribution in [0.1, 0.15) is 19.8 Å². The van der Waals surface area contributed by atoms with E-state index in [4.69, 9.17) is 24.7 Å². The van der Waals surface area contributed by atoms with Gasteiger partial charge in [-0.3, -0.25) is 4.79 Å². The second-order valence-corrected chi connectivity index (χ2v) is 5.60. The molecule has 1 amide bonds. The van der Waals surface area contributed by atoms with Gasteiger partial charge >= 0.3 is 0 Å². The van der Waals surface area contributed by atoms with Gasteiger partial charge in [-0.05, 0) is 18.2 Å². The molecule has 146 valence electrons. The lowest BCUT2D eigenvalue weighted by Gasteiger charge is -2.27. The van der Waals surface area contributed by atoms with Gasteiger partial charge < -0.3 is 24.4 Å². The molecule has 0 unspecified atom stereocenters. The summed E-state index contributed by atoms with van der Waals surface area (Å²) < 4.78 is 16.4. The second-order valence-electron chi connectivity index (χ2n) is 5.60. The average molecular weight is 374 g/mol. The molecule has 0 saturated heterocycles. The van der Waals surface area contributed by atoms with Crippen molar-refractivity contribution in [1.29, 1.82) is 10.5 Å². The molecule has 0 radical (unpaired) electrons. The Kier molecular flexibility index (Phi) is 11.0. The van der Waals surface area contributed by atoms with Gasteiger partial charge in [0.2, 0.25) is 5.91 Å². The molecule has 27 heavy (non-hydrogen) atoms. The standard InChI is InChI=1S/C19H26N4O4/c1-16(24)22-17-5-6-19(25-2)18(15-17)23(9-13-26-11-3-7-20)10-14-27-12-4-8-21/h5-6,15H,3-4,9-14H2,1-2H3,(H,22,24). The smallest absolute Gasteiger partial charge is 0.221 e. The normalized spacial score (nSPS) is 9.93. The van der Waals surface area contributed by atoms with Crippen LogP contribution in [0.4, 0.5) is 11.4 Å². The van der Waals surface area contributed by atoms with E-state index in [1.807, 2.05) is 23.1 Å². The van der Waals surface area contributed by atoms with E-state index in [2.05, 4.69) is 5.32 Å². The van der Waals surface area contributed by atoms with Crippen molar-refractivity contribution in [3.8, 4) is 17.9 Å². The fourth-order valence-corrected chi connectivity index (χ4v) is 2.36. The third-order valence-electron chi connectivity index (χ3n) is 3.57. The minimum atomic E-state index is -0.155. The van der Waals surface area contributed by atoms with Crippen LogP contribution in [0, 0.1) is 22.7 Å². The first-order chi connectivity index (χ1) is 13.1. The Morgan fingerprint density at radius 2 is 1.67 bits per heavy atom. The van der Waals surface area contributed by atoms with Crippen molar-refractivity contribution < 1.29 is 19.0 Å². The molecule has 0 aliphatic rings. The third-order valence-corrected chi connectivity index (χ3v) is 3.57. The van der Waals surface area contributed by atoms with Crippen LogP contribution < -0.4 is 15.0 Å². The Bertz CT molecular complexity index is 643. The fourth-order valence-electron chi connectivity index (χ4n) is 2.36. The number of nitrogens with one attached hydrogen (secondary N) is 1. The molecule has 0 fully saturated rings. The number of ether oxygens (including phenoxy) is 3. The molecule has 0 saturated carbocycles. The Hall–Kier alpha value is -2.81. The third kappa shape index (κ3) is 8.91. The zero-order chi connectivity index (χ0) is 19.9. The van der Waals surface area contributed by atoms with Crippen molar-refractivity contribution in [1.82, 2.24) is 0 Å². The van der Waals surface area contributed by atoms with Gasteiger partial charge in [-0.15, -0.1) is 0 Å². The van der Waals surface area contributed by atoms with Crippen LogP contribution in [-0.2, 0) is 14.3 Å². The Morgan fingerprint density at radius 1 is 1.07 bits per heavy atom. The Balaban J connectivity index is 2.85. The van der Waals surface area contributed by atoms with E-state index in [9.17, 15) is 4.79 Å². The molecule has 0 heterocycles. The summed E-state index contributed by atoms with van der Waals surface area (Å²) in [6.45, 7) is 4.21. The number of benzene rings is 1. The highest BCUT2D eigenvalue weighted by molar-refractivity contribution is 5.89. The average Bonchev–Trinajstić information content (AvgIpc) is 2.65. The largest absolute Gasteiger partial charge is 0.495 e. The van der Waals surface area contributed by atoms with Crippen molar-refractivity contribution in [2.24, 2.45) is 0 Å². The van der Waals surface area contributed by atoms with E-state index in [-0.39, 0.29) is 5.91 Å². The van der Waals surface area contributed by atoms with Crippen LogP contribution in [0.15, 0.2) is 18.2 Å². The van der Waals surface area contributed by atoms with E-state index in [0.717, 1.165) is 5.69 Å². The molecular weight excluding hydrogens is 348 g/mol. The van der Waals surface area contributed by atoms with Crippen LogP contribution in [0.3, 0.4) is 0 Å². The first kappa shape index (κ1) is 22.2. The van der Waals surface area contributed by atoms with Crippen LogP contribution >= 0.6 is 0 Å². The zero-order valence-electron chi connectivity index (χ0n) is 15.9. The number of rotatable bonds is 13. The maximum atomic E-state index is 11.3. The number of hydrogen-bond donors (Lipinski definition) is 1. The monoisotopic (exact) mass is 374 g/mol. The van der Waals surface area contributed by atoms with Crippen LogP contribution in [0.25, 0.3) is 0 Å². The minimum Gasteiger partial charge on any atom is -0.495 e. The molecule has 8 heteroatoms. The minimum absolute atomic E-state index is 0.155. The number of nitrogens with zero attached hydrogens (tertiary/aromatic N) is 3. The second kappa shape index (κ2) is 13.4. The molecule has 1 aromatic carbocycles. The van der Waals surface area contributed by atoms with E-state index in [1.54, 1.807) is 19.2 Å². The Morgan fingerprint density at radius 3 is 2.15 bits per heavy atom. The summed E-state index contributed by atoms with van der Waals surface area (Å²) in [5.74, 6) is 0.510. The molecule has 1 N–H and O–H groups in total. The quantitative estimate of drug-likeness (QED) is 0.528. The molecule has 1 aromatic rings. The molecule has 1 rings (SSSR count). The summed E-state index contributed by atoms with van der Waals surface area (Å²) in [7, 11) is 1.59. The van der Waals surface area contributed by atoms with Gasteiger partial charge in [-0.25, -0.2) is 0 Å². The number of nitriles is 2. The maximum absolute atomic E-state index is 11.3. The molecule has 0 aliphatic carbocycles. The lowest BCUT2D eigenvalue weighted by atomic mass is 10.2. The van der Waals surface area contributed by atoms with Crippen molar-refractivity contribution in [2.45, 2.75) is 19.8 Å². The van der Waals surface area contributed by atoms with E-state index in [0.29, 0.717) is 63.8 Å². The van der Waals surface area contributed by atoms with Gasteiger partial charge in [0.25, 0.3) is 0 Å². The van der Waals surface area contributed by atoms with E-state index >= 15 is 0 Å². The van der Waals surface area contributed by atoms with Gasteiger partial charge in [-0.1, -0.05) is 0 Å². The predicted molar refractivity (Wildman–Crippen MR) is 102 cm³/mol. The van der Waals surface area contributed by atoms with Gasteiger partial charge in [0.05, 0.1) is 64.2 Å². The fraction of sp³-hybridized carbons (Fsp3) is 0.526. The summed E-state index contributed by atoms with van der Waals surface area (Å²) in [5.41, 5.74) is 1.47. The predicted octanol–water partition coefficient (Wildman–Crippen LogP) is 2.32. The first-order valence-electron chi connectivity index (χ1n) is 8.72. The Labute approximate surface area is 160 Å². The number of methoxy groups -OCH3 is 1.